The number of methoxy groups -OCH3 is 1. The van der Waals surface area contributed by atoms with E-state index in [4.69, 9.17) is 15.7 Å². The van der Waals surface area contributed by atoms with E-state index in [1.165, 1.54) is 13.3 Å². The number of carbonyl (C=O) groups is 1. The van der Waals surface area contributed by atoms with E-state index in [-0.39, 0.29) is 17.7 Å². The van der Waals surface area contributed by atoms with Gasteiger partial charge in [0.1, 0.15) is 11.6 Å². The summed E-state index contributed by atoms with van der Waals surface area (Å²) in [5.41, 5.74) is 6.11. The standard InChI is InChI=1S/C13H18N4O3/c1-20-11-7-15-5-4-10(11)13(18)17-6-2-3-9(8-17)12(14)16-19/h4-5,7,9,19H,2-3,6,8H2,1H3,(H2,14,16). The Labute approximate surface area is 117 Å². The van der Waals surface area contributed by atoms with Crippen LogP contribution in [-0.4, -0.2) is 47.0 Å². The molecule has 20 heavy (non-hydrogen) atoms. The molecule has 0 aromatic carbocycles. The number of piperidine rings is 1. The minimum absolute atomic E-state index is 0.106. The number of hydrogen-bond donors (Lipinski definition) is 2. The molecule has 1 aromatic heterocycles. The van der Waals surface area contributed by atoms with Crippen molar-refractivity contribution in [2.75, 3.05) is 20.2 Å². The van der Waals surface area contributed by atoms with Crippen molar-refractivity contribution in [3.8, 4) is 5.75 Å². The molecular formula is C13H18N4O3. The van der Waals surface area contributed by atoms with Crippen molar-refractivity contribution >= 4 is 11.7 Å². The van der Waals surface area contributed by atoms with E-state index in [1.807, 2.05) is 0 Å². The van der Waals surface area contributed by atoms with Crippen LogP contribution in [0.1, 0.15) is 23.2 Å². The van der Waals surface area contributed by atoms with Gasteiger partial charge in [-0.05, 0) is 18.9 Å². The van der Waals surface area contributed by atoms with Gasteiger partial charge in [0.15, 0.2) is 0 Å². The van der Waals surface area contributed by atoms with Crippen molar-refractivity contribution in [1.82, 2.24) is 9.88 Å². The fourth-order valence-corrected chi connectivity index (χ4v) is 2.37. The fourth-order valence-electron chi connectivity index (χ4n) is 2.37. The smallest absolute Gasteiger partial charge is 0.257 e. The lowest BCUT2D eigenvalue weighted by molar-refractivity contribution is 0.0697. The van der Waals surface area contributed by atoms with E-state index in [2.05, 4.69) is 10.1 Å². The van der Waals surface area contributed by atoms with Crippen molar-refractivity contribution in [3.63, 3.8) is 0 Å². The average molecular weight is 278 g/mol. The molecule has 2 rings (SSSR count). The third-order valence-corrected chi connectivity index (χ3v) is 3.48. The molecule has 2 heterocycles. The Morgan fingerprint density at radius 1 is 1.65 bits per heavy atom. The van der Waals surface area contributed by atoms with E-state index in [0.717, 1.165) is 12.8 Å². The summed E-state index contributed by atoms with van der Waals surface area (Å²) in [7, 11) is 1.50. The second kappa shape index (κ2) is 6.23. The van der Waals surface area contributed by atoms with Gasteiger partial charge in [0.05, 0.1) is 18.9 Å². The number of hydrogen-bond acceptors (Lipinski definition) is 5. The number of ether oxygens (including phenoxy) is 1. The number of aromatic nitrogens is 1. The number of amidine groups is 1. The van der Waals surface area contributed by atoms with E-state index in [1.54, 1.807) is 17.2 Å². The number of oxime groups is 1. The summed E-state index contributed by atoms with van der Waals surface area (Å²) in [5, 5.41) is 11.8. The molecule has 0 bridgehead atoms. The molecule has 1 unspecified atom stereocenters. The van der Waals surface area contributed by atoms with Crippen molar-refractivity contribution < 1.29 is 14.7 Å². The number of likely N-dealkylation sites (tertiary alicyclic amines) is 1. The summed E-state index contributed by atoms with van der Waals surface area (Å²) in [5.74, 6) is 0.387. The molecule has 1 aliphatic heterocycles. The molecule has 108 valence electrons. The third kappa shape index (κ3) is 2.81. The summed E-state index contributed by atoms with van der Waals surface area (Å²) in [4.78, 5) is 18.1. The van der Waals surface area contributed by atoms with Gasteiger partial charge in [-0.15, -0.1) is 0 Å². The first-order valence-corrected chi connectivity index (χ1v) is 6.42. The Bertz CT molecular complexity index is 518. The highest BCUT2D eigenvalue weighted by atomic mass is 16.5. The topological polar surface area (TPSA) is 101 Å². The summed E-state index contributed by atoms with van der Waals surface area (Å²) >= 11 is 0. The number of carbonyl (C=O) groups excluding carboxylic acids is 1. The maximum Gasteiger partial charge on any atom is 0.257 e. The highest BCUT2D eigenvalue weighted by Crippen LogP contribution is 2.22. The van der Waals surface area contributed by atoms with Crippen LogP contribution in [-0.2, 0) is 0 Å². The third-order valence-electron chi connectivity index (χ3n) is 3.48. The molecular weight excluding hydrogens is 260 g/mol. The van der Waals surface area contributed by atoms with E-state index in [9.17, 15) is 4.79 Å². The van der Waals surface area contributed by atoms with Crippen LogP contribution in [0, 0.1) is 5.92 Å². The molecule has 7 nitrogen and oxygen atoms in total. The van der Waals surface area contributed by atoms with Crippen molar-refractivity contribution in [3.05, 3.63) is 24.0 Å². The quantitative estimate of drug-likeness (QED) is 0.366. The number of pyridine rings is 1. The van der Waals surface area contributed by atoms with Crippen LogP contribution in [0.15, 0.2) is 23.6 Å². The van der Waals surface area contributed by atoms with Crippen LogP contribution in [0.3, 0.4) is 0 Å². The predicted molar refractivity (Wildman–Crippen MR) is 72.8 cm³/mol. The molecule has 1 fully saturated rings. The molecule has 0 aliphatic carbocycles. The molecule has 0 saturated carbocycles. The highest BCUT2D eigenvalue weighted by molar-refractivity contribution is 5.97. The molecule has 3 N–H and O–H groups in total. The maximum atomic E-state index is 12.5. The fraction of sp³-hybridized carbons (Fsp3) is 0.462. The summed E-state index contributed by atoms with van der Waals surface area (Å²) < 4.78 is 5.15. The predicted octanol–water partition coefficient (Wildman–Crippen LogP) is 0.689. The van der Waals surface area contributed by atoms with Gasteiger partial charge in [-0.1, -0.05) is 5.16 Å². The van der Waals surface area contributed by atoms with Crippen molar-refractivity contribution in [2.45, 2.75) is 12.8 Å². The van der Waals surface area contributed by atoms with Crippen LogP contribution in [0.4, 0.5) is 0 Å². The van der Waals surface area contributed by atoms with Crippen LogP contribution in [0.2, 0.25) is 0 Å². The van der Waals surface area contributed by atoms with Gasteiger partial charge in [-0.3, -0.25) is 9.78 Å². The van der Waals surface area contributed by atoms with Gasteiger partial charge in [0, 0.05) is 25.2 Å². The van der Waals surface area contributed by atoms with E-state index >= 15 is 0 Å². The van der Waals surface area contributed by atoms with Crippen LogP contribution in [0.25, 0.3) is 0 Å². The minimum Gasteiger partial charge on any atom is -0.494 e. The van der Waals surface area contributed by atoms with Crippen LogP contribution < -0.4 is 10.5 Å². The van der Waals surface area contributed by atoms with Gasteiger partial charge in [-0.2, -0.15) is 0 Å². The molecule has 1 aromatic rings. The maximum absolute atomic E-state index is 12.5. The largest absolute Gasteiger partial charge is 0.494 e. The Morgan fingerprint density at radius 3 is 3.15 bits per heavy atom. The SMILES string of the molecule is COc1cnccc1C(=O)N1CCCC(/C(N)=N/O)C1. The van der Waals surface area contributed by atoms with Gasteiger partial charge in [0.2, 0.25) is 0 Å². The van der Waals surface area contributed by atoms with E-state index in [0.29, 0.717) is 24.4 Å². The summed E-state index contributed by atoms with van der Waals surface area (Å²) in [6.07, 6.45) is 4.70. The molecule has 1 amide bonds. The zero-order chi connectivity index (χ0) is 14.5. The van der Waals surface area contributed by atoms with Crippen molar-refractivity contribution in [2.24, 2.45) is 16.8 Å². The Hall–Kier alpha value is -2.31. The highest BCUT2D eigenvalue weighted by Gasteiger charge is 2.28. The van der Waals surface area contributed by atoms with Gasteiger partial charge in [0.25, 0.3) is 5.91 Å². The number of nitrogens with zero attached hydrogens (tertiary/aromatic N) is 3. The van der Waals surface area contributed by atoms with Crippen LogP contribution in [0.5, 0.6) is 5.75 Å². The first-order chi connectivity index (χ1) is 9.67. The number of rotatable bonds is 3. The second-order valence-corrected chi connectivity index (χ2v) is 4.69. The van der Waals surface area contributed by atoms with Gasteiger partial charge >= 0.3 is 0 Å². The second-order valence-electron chi connectivity index (χ2n) is 4.69. The first-order valence-electron chi connectivity index (χ1n) is 6.42. The zero-order valence-corrected chi connectivity index (χ0v) is 11.3. The van der Waals surface area contributed by atoms with E-state index < -0.39 is 0 Å². The molecule has 1 aliphatic rings. The summed E-state index contributed by atoms with van der Waals surface area (Å²) in [6.45, 7) is 1.10. The van der Waals surface area contributed by atoms with Gasteiger partial charge in [-0.25, -0.2) is 0 Å². The number of nitrogens with two attached hydrogens (primary N) is 1. The van der Waals surface area contributed by atoms with Crippen molar-refractivity contribution in [1.29, 1.82) is 0 Å². The molecule has 7 heteroatoms. The lowest BCUT2D eigenvalue weighted by Crippen LogP contribution is -2.44. The lowest BCUT2D eigenvalue weighted by atomic mass is 9.96. The molecule has 0 spiro atoms. The minimum atomic E-state index is -0.125. The van der Waals surface area contributed by atoms with Crippen LogP contribution >= 0.6 is 0 Å². The average Bonchev–Trinajstić information content (AvgIpc) is 2.53. The summed E-state index contributed by atoms with van der Waals surface area (Å²) in [6, 6.07) is 1.63. The normalized spacial score (nSPS) is 19.8. The Kier molecular flexibility index (Phi) is 4.39. The van der Waals surface area contributed by atoms with Gasteiger partial charge < -0.3 is 20.6 Å². The lowest BCUT2D eigenvalue weighted by Gasteiger charge is -2.32. The zero-order valence-electron chi connectivity index (χ0n) is 11.3. The monoisotopic (exact) mass is 278 g/mol. The first kappa shape index (κ1) is 14.1. The molecule has 1 saturated heterocycles. The number of amides is 1. The molecule has 0 radical (unpaired) electrons. The molecule has 1 atom stereocenters. The Balaban J connectivity index is 2.16. The Morgan fingerprint density at radius 2 is 2.45 bits per heavy atom.